The first-order valence-corrected chi connectivity index (χ1v) is 20.5. The molecule has 1 N–H and O–H groups in total. The van der Waals surface area contributed by atoms with Crippen molar-refractivity contribution in [2.24, 2.45) is 0 Å². The molecular formula is C44H80ClN. The lowest BCUT2D eigenvalue weighted by molar-refractivity contribution is -0.900. The molecule has 1 aromatic rings. The van der Waals surface area contributed by atoms with Gasteiger partial charge in [-0.25, -0.2) is 0 Å². The summed E-state index contributed by atoms with van der Waals surface area (Å²) in [7, 11) is 0. The average molecular weight is 659 g/mol. The van der Waals surface area contributed by atoms with Crippen molar-refractivity contribution >= 4 is 0 Å². The van der Waals surface area contributed by atoms with Crippen LogP contribution >= 0.6 is 0 Å². The van der Waals surface area contributed by atoms with E-state index in [-0.39, 0.29) is 12.4 Å². The van der Waals surface area contributed by atoms with Gasteiger partial charge in [0.05, 0.1) is 19.6 Å². The zero-order chi connectivity index (χ0) is 32.1. The number of hydrogen-bond acceptors (Lipinski definition) is 0. The first kappa shape index (κ1) is 45.0. The summed E-state index contributed by atoms with van der Waals surface area (Å²) in [5, 5.41) is 0. The van der Waals surface area contributed by atoms with Gasteiger partial charge in [-0.1, -0.05) is 171 Å². The molecular weight excluding hydrogens is 578 g/mol. The van der Waals surface area contributed by atoms with Crippen LogP contribution < -0.4 is 17.3 Å². The maximum Gasteiger partial charge on any atom is 0.0811 e. The average Bonchev–Trinajstić information content (AvgIpc) is 3.06. The van der Waals surface area contributed by atoms with Gasteiger partial charge in [0, 0.05) is 6.42 Å². The largest absolute Gasteiger partial charge is 1.00 e. The molecule has 0 saturated carbocycles. The number of rotatable bonds is 35. The molecule has 46 heavy (non-hydrogen) atoms. The third-order valence-corrected chi connectivity index (χ3v) is 9.69. The monoisotopic (exact) mass is 658 g/mol. The maximum absolute atomic E-state index is 2.45. The Morgan fingerprint density at radius 1 is 0.391 bits per heavy atom. The number of quaternary nitrogens is 1. The van der Waals surface area contributed by atoms with Gasteiger partial charge in [0.25, 0.3) is 0 Å². The van der Waals surface area contributed by atoms with Gasteiger partial charge < -0.3 is 17.3 Å². The molecule has 268 valence electrons. The van der Waals surface area contributed by atoms with E-state index in [0.717, 1.165) is 0 Å². The van der Waals surface area contributed by atoms with E-state index in [1.165, 1.54) is 211 Å². The van der Waals surface area contributed by atoms with Gasteiger partial charge in [0.1, 0.15) is 0 Å². The molecule has 0 aromatic heterocycles. The van der Waals surface area contributed by atoms with Gasteiger partial charge in [-0.2, -0.15) is 0 Å². The van der Waals surface area contributed by atoms with E-state index in [2.05, 4.69) is 68.5 Å². The molecule has 0 spiro atoms. The lowest BCUT2D eigenvalue weighted by atomic mass is 10.1. The Morgan fingerprint density at radius 3 is 1.09 bits per heavy atom. The Labute approximate surface area is 296 Å². The number of hydrogen-bond donors (Lipinski definition) is 1. The molecule has 0 aliphatic carbocycles. The van der Waals surface area contributed by atoms with E-state index < -0.39 is 0 Å². The number of nitrogens with one attached hydrogen (secondary N) is 1. The molecule has 0 amide bonds. The molecule has 0 aliphatic rings. The molecule has 1 rings (SSSR count). The minimum atomic E-state index is 0. The first-order valence-electron chi connectivity index (χ1n) is 20.5. The summed E-state index contributed by atoms with van der Waals surface area (Å²) in [4.78, 5) is 1.85. The first-order chi connectivity index (χ1) is 22.4. The summed E-state index contributed by atoms with van der Waals surface area (Å²) in [5.41, 5.74) is 1.51. The number of halogens is 1. The van der Waals surface area contributed by atoms with Crippen molar-refractivity contribution in [1.29, 1.82) is 0 Å². The van der Waals surface area contributed by atoms with Crippen LogP contribution in [0.4, 0.5) is 0 Å². The van der Waals surface area contributed by atoms with E-state index >= 15 is 0 Å². The van der Waals surface area contributed by atoms with Gasteiger partial charge in [0.15, 0.2) is 0 Å². The van der Waals surface area contributed by atoms with Gasteiger partial charge in [-0.3, -0.25) is 0 Å². The number of allylic oxidation sites excluding steroid dienone is 4. The van der Waals surface area contributed by atoms with E-state index in [4.69, 9.17) is 0 Å². The highest BCUT2D eigenvalue weighted by atomic mass is 35.5. The minimum Gasteiger partial charge on any atom is -1.00 e. The Morgan fingerprint density at radius 2 is 0.717 bits per heavy atom. The number of unbranched alkanes of at least 4 members (excludes halogenated alkanes) is 24. The van der Waals surface area contributed by atoms with Crippen LogP contribution in [0.25, 0.3) is 0 Å². The highest BCUT2D eigenvalue weighted by molar-refractivity contribution is 5.14. The lowest BCUT2D eigenvalue weighted by Crippen LogP contribution is -3.12. The van der Waals surface area contributed by atoms with Crippen molar-refractivity contribution < 1.29 is 17.3 Å². The Bertz CT molecular complexity index is 700. The predicted molar refractivity (Wildman–Crippen MR) is 205 cm³/mol. The van der Waals surface area contributed by atoms with Gasteiger partial charge in [-0.05, 0) is 82.6 Å². The van der Waals surface area contributed by atoms with Crippen LogP contribution in [0, 0.1) is 0 Å². The zero-order valence-electron chi connectivity index (χ0n) is 31.2. The fraction of sp³-hybridized carbons (Fsp3) is 0.773. The van der Waals surface area contributed by atoms with Crippen LogP contribution in [0.3, 0.4) is 0 Å². The van der Waals surface area contributed by atoms with Crippen LogP contribution in [-0.4, -0.2) is 19.6 Å². The van der Waals surface area contributed by atoms with Crippen LogP contribution in [0.2, 0.25) is 0 Å². The molecule has 0 fully saturated rings. The zero-order valence-corrected chi connectivity index (χ0v) is 32.0. The summed E-state index contributed by atoms with van der Waals surface area (Å²) in [6, 6.07) is 11.2. The Kier molecular flexibility index (Phi) is 37.5. The van der Waals surface area contributed by atoms with Gasteiger partial charge in [-0.15, -0.1) is 0 Å². The van der Waals surface area contributed by atoms with E-state index in [0.29, 0.717) is 0 Å². The standard InChI is InChI=1S/C44H79N.ClH/c1-3-5-7-9-11-13-15-17-19-21-23-25-27-29-31-36-41-45(43-40-44-38-34-33-35-39-44)42-37-32-30-28-26-24-22-20-18-16-14-12-10-8-6-4-2;/h17-20,33-35,38-39H,3-16,21-32,36-37,40-43H2,1-2H3;1H/b19-17-,20-18-;. The third-order valence-electron chi connectivity index (χ3n) is 9.69. The fourth-order valence-corrected chi connectivity index (χ4v) is 6.59. The third kappa shape index (κ3) is 32.9. The van der Waals surface area contributed by atoms with Crippen molar-refractivity contribution in [2.45, 2.75) is 200 Å². The van der Waals surface area contributed by atoms with Crippen molar-refractivity contribution in [3.05, 3.63) is 60.2 Å². The molecule has 1 aromatic carbocycles. The fourth-order valence-electron chi connectivity index (χ4n) is 6.59. The molecule has 2 heteroatoms. The highest BCUT2D eigenvalue weighted by Gasteiger charge is 2.09. The molecule has 1 nitrogen and oxygen atoms in total. The summed E-state index contributed by atoms with van der Waals surface area (Å²) in [5.74, 6) is 0. The lowest BCUT2D eigenvalue weighted by Gasteiger charge is -2.20. The van der Waals surface area contributed by atoms with Crippen LogP contribution in [0.1, 0.15) is 199 Å². The summed E-state index contributed by atoms with van der Waals surface area (Å²) < 4.78 is 0. The summed E-state index contributed by atoms with van der Waals surface area (Å²) in [6.45, 7) is 8.65. The summed E-state index contributed by atoms with van der Waals surface area (Å²) >= 11 is 0. The highest BCUT2D eigenvalue weighted by Crippen LogP contribution is 2.11. The molecule has 0 bridgehead atoms. The second-order valence-electron chi connectivity index (χ2n) is 14.1. The van der Waals surface area contributed by atoms with Crippen LogP contribution in [0.5, 0.6) is 0 Å². The smallest absolute Gasteiger partial charge is 0.0811 e. The molecule has 0 radical (unpaired) electrons. The molecule has 0 unspecified atom stereocenters. The van der Waals surface area contributed by atoms with Crippen molar-refractivity contribution in [3.63, 3.8) is 0 Å². The van der Waals surface area contributed by atoms with Gasteiger partial charge >= 0.3 is 0 Å². The normalized spacial score (nSPS) is 11.7. The Balaban J connectivity index is 0.0000202. The van der Waals surface area contributed by atoms with Crippen molar-refractivity contribution in [1.82, 2.24) is 0 Å². The molecule has 0 heterocycles. The molecule has 0 aliphatic heterocycles. The predicted octanol–water partition coefficient (Wildman–Crippen LogP) is 10.2. The quantitative estimate of drug-likeness (QED) is 0.0547. The summed E-state index contributed by atoms with van der Waals surface area (Å²) in [6.07, 6.45) is 50.2. The molecule has 0 saturated heterocycles. The second-order valence-corrected chi connectivity index (χ2v) is 14.1. The topological polar surface area (TPSA) is 4.44 Å². The Hall–Kier alpha value is -1.05. The van der Waals surface area contributed by atoms with E-state index in [1.807, 2.05) is 4.90 Å². The SMILES string of the molecule is CCCCCCCC/C=C\CCCCCCCC[NH+](CCCCCCCC/C=C\CCCCCCCC)CCc1ccccc1.[Cl-]. The van der Waals surface area contributed by atoms with Crippen molar-refractivity contribution in [3.8, 4) is 0 Å². The second kappa shape index (κ2) is 38.4. The number of benzene rings is 1. The van der Waals surface area contributed by atoms with Gasteiger partial charge in [0.2, 0.25) is 0 Å². The maximum atomic E-state index is 2.45. The minimum absolute atomic E-state index is 0. The van der Waals surface area contributed by atoms with Crippen LogP contribution in [0.15, 0.2) is 54.6 Å². The molecule has 0 atom stereocenters. The van der Waals surface area contributed by atoms with E-state index in [9.17, 15) is 0 Å². The van der Waals surface area contributed by atoms with Crippen LogP contribution in [-0.2, 0) is 6.42 Å². The van der Waals surface area contributed by atoms with E-state index in [1.54, 1.807) is 0 Å². The van der Waals surface area contributed by atoms with Crippen molar-refractivity contribution in [2.75, 3.05) is 19.6 Å².